The highest BCUT2D eigenvalue weighted by Crippen LogP contribution is 2.49. The van der Waals surface area contributed by atoms with Gasteiger partial charge in [-0.2, -0.15) is 11.8 Å². The normalized spacial score (nSPS) is 16.5. The summed E-state index contributed by atoms with van der Waals surface area (Å²) in [6.45, 7) is 3.75. The maximum Gasteiger partial charge on any atom is 0.201 e. The SMILES string of the molecule is CCCOc1cccc2c1nc(N)n2CC1(SC)CC1. The Bertz CT molecular complexity index is 619. The van der Waals surface area contributed by atoms with E-state index in [0.29, 0.717) is 17.3 Å². The largest absolute Gasteiger partial charge is 0.491 e. The lowest BCUT2D eigenvalue weighted by atomic mass is 10.3. The molecule has 0 bridgehead atoms. The molecule has 1 saturated carbocycles. The number of nitrogens with zero attached hydrogens (tertiary/aromatic N) is 2. The van der Waals surface area contributed by atoms with Crippen molar-refractivity contribution in [3.05, 3.63) is 18.2 Å². The Morgan fingerprint density at radius 2 is 2.25 bits per heavy atom. The fourth-order valence-electron chi connectivity index (χ4n) is 2.49. The lowest BCUT2D eigenvalue weighted by Gasteiger charge is -2.14. The molecule has 5 heteroatoms. The van der Waals surface area contributed by atoms with Crippen molar-refractivity contribution >= 4 is 28.7 Å². The van der Waals surface area contributed by atoms with Gasteiger partial charge in [0.1, 0.15) is 11.3 Å². The van der Waals surface area contributed by atoms with Gasteiger partial charge in [0.2, 0.25) is 5.95 Å². The van der Waals surface area contributed by atoms with Gasteiger partial charge in [-0.05, 0) is 37.7 Å². The molecule has 1 aliphatic rings. The number of ether oxygens (including phenoxy) is 1. The van der Waals surface area contributed by atoms with E-state index in [1.165, 1.54) is 12.8 Å². The number of rotatable bonds is 6. The lowest BCUT2D eigenvalue weighted by molar-refractivity contribution is 0.320. The second-order valence-electron chi connectivity index (χ2n) is 5.42. The van der Waals surface area contributed by atoms with E-state index >= 15 is 0 Å². The minimum absolute atomic E-state index is 0.363. The van der Waals surface area contributed by atoms with E-state index in [1.807, 2.05) is 23.9 Å². The Kier molecular flexibility index (Phi) is 3.54. The Morgan fingerprint density at radius 3 is 2.90 bits per heavy atom. The van der Waals surface area contributed by atoms with Crippen LogP contribution in [0, 0.1) is 0 Å². The van der Waals surface area contributed by atoms with E-state index in [2.05, 4.69) is 28.8 Å². The first kappa shape index (κ1) is 13.6. The summed E-state index contributed by atoms with van der Waals surface area (Å²) in [6.07, 6.45) is 5.69. The number of para-hydroxylation sites is 1. The van der Waals surface area contributed by atoms with E-state index in [-0.39, 0.29) is 0 Å². The van der Waals surface area contributed by atoms with Crippen LogP contribution in [-0.4, -0.2) is 27.2 Å². The molecular formula is C15H21N3OS. The van der Waals surface area contributed by atoms with Crippen LogP contribution >= 0.6 is 11.8 Å². The summed E-state index contributed by atoms with van der Waals surface area (Å²) in [5.41, 5.74) is 8.09. The van der Waals surface area contributed by atoms with Gasteiger partial charge in [-0.3, -0.25) is 0 Å². The Balaban J connectivity index is 1.98. The molecular weight excluding hydrogens is 270 g/mol. The van der Waals surface area contributed by atoms with Crippen molar-refractivity contribution in [2.24, 2.45) is 0 Å². The molecule has 1 heterocycles. The first-order valence-electron chi connectivity index (χ1n) is 7.12. The zero-order valence-corrected chi connectivity index (χ0v) is 12.9. The molecule has 1 aliphatic carbocycles. The topological polar surface area (TPSA) is 53.1 Å². The maximum absolute atomic E-state index is 6.13. The third kappa shape index (κ3) is 2.35. The number of aromatic nitrogens is 2. The van der Waals surface area contributed by atoms with Crippen LogP contribution in [0.15, 0.2) is 18.2 Å². The molecule has 4 nitrogen and oxygen atoms in total. The van der Waals surface area contributed by atoms with Gasteiger partial charge in [0.05, 0.1) is 12.1 Å². The number of benzene rings is 1. The molecule has 2 N–H and O–H groups in total. The number of imidazole rings is 1. The van der Waals surface area contributed by atoms with Gasteiger partial charge in [-0.1, -0.05) is 13.0 Å². The lowest BCUT2D eigenvalue weighted by Crippen LogP contribution is -2.15. The second kappa shape index (κ2) is 5.20. The van der Waals surface area contributed by atoms with Crippen LogP contribution in [0.2, 0.25) is 0 Å². The monoisotopic (exact) mass is 291 g/mol. The van der Waals surface area contributed by atoms with Crippen molar-refractivity contribution in [1.29, 1.82) is 0 Å². The molecule has 1 aromatic carbocycles. The van der Waals surface area contributed by atoms with Crippen molar-refractivity contribution in [2.75, 3.05) is 18.6 Å². The molecule has 0 amide bonds. The molecule has 1 aromatic heterocycles. The van der Waals surface area contributed by atoms with Crippen molar-refractivity contribution in [3.63, 3.8) is 0 Å². The zero-order chi connectivity index (χ0) is 14.2. The number of nitrogens with two attached hydrogens (primary N) is 1. The molecule has 0 radical (unpaired) electrons. The molecule has 20 heavy (non-hydrogen) atoms. The molecule has 0 aliphatic heterocycles. The van der Waals surface area contributed by atoms with Crippen LogP contribution in [0.25, 0.3) is 11.0 Å². The number of thioether (sulfide) groups is 1. The molecule has 0 atom stereocenters. The van der Waals surface area contributed by atoms with E-state index in [0.717, 1.165) is 29.7 Å². The van der Waals surface area contributed by atoms with E-state index in [1.54, 1.807) is 0 Å². The summed E-state index contributed by atoms with van der Waals surface area (Å²) in [7, 11) is 0. The van der Waals surface area contributed by atoms with E-state index < -0.39 is 0 Å². The van der Waals surface area contributed by atoms with Crippen molar-refractivity contribution < 1.29 is 4.74 Å². The average molecular weight is 291 g/mol. The summed E-state index contributed by atoms with van der Waals surface area (Å²) in [4.78, 5) is 4.52. The molecule has 0 saturated heterocycles. The molecule has 108 valence electrons. The summed E-state index contributed by atoms with van der Waals surface area (Å²) < 4.78 is 8.27. The van der Waals surface area contributed by atoms with Gasteiger partial charge >= 0.3 is 0 Å². The van der Waals surface area contributed by atoms with Gasteiger partial charge in [0.15, 0.2) is 0 Å². The predicted octanol–water partition coefficient (Wildman–Crippen LogP) is 3.30. The summed E-state index contributed by atoms with van der Waals surface area (Å²) >= 11 is 1.94. The van der Waals surface area contributed by atoms with Crippen LogP contribution in [0.4, 0.5) is 5.95 Å². The van der Waals surface area contributed by atoms with E-state index in [9.17, 15) is 0 Å². The number of fused-ring (bicyclic) bond motifs is 1. The minimum Gasteiger partial charge on any atom is -0.491 e. The van der Waals surface area contributed by atoms with Crippen LogP contribution in [0.3, 0.4) is 0 Å². The summed E-state index contributed by atoms with van der Waals surface area (Å²) in [5.74, 6) is 1.43. The highest BCUT2D eigenvalue weighted by atomic mass is 32.2. The van der Waals surface area contributed by atoms with Crippen LogP contribution in [0.5, 0.6) is 5.75 Å². The third-order valence-electron chi connectivity index (χ3n) is 3.92. The highest BCUT2D eigenvalue weighted by Gasteiger charge is 2.42. The molecule has 0 unspecified atom stereocenters. The first-order chi connectivity index (χ1) is 9.69. The zero-order valence-electron chi connectivity index (χ0n) is 12.1. The fourth-order valence-corrected chi connectivity index (χ4v) is 3.26. The average Bonchev–Trinajstić information content (AvgIpc) is 3.17. The van der Waals surface area contributed by atoms with Gasteiger partial charge in [-0.25, -0.2) is 4.98 Å². The number of hydrogen-bond acceptors (Lipinski definition) is 4. The van der Waals surface area contributed by atoms with Gasteiger partial charge < -0.3 is 15.0 Å². The Morgan fingerprint density at radius 1 is 1.45 bits per heavy atom. The predicted molar refractivity (Wildman–Crippen MR) is 85.4 cm³/mol. The highest BCUT2D eigenvalue weighted by molar-refractivity contribution is 8.00. The molecule has 1 fully saturated rings. The van der Waals surface area contributed by atoms with Crippen molar-refractivity contribution in [1.82, 2.24) is 9.55 Å². The summed E-state index contributed by atoms with van der Waals surface area (Å²) in [5, 5.41) is 0. The van der Waals surface area contributed by atoms with E-state index in [4.69, 9.17) is 10.5 Å². The number of anilines is 1. The molecule has 0 spiro atoms. The summed E-state index contributed by atoms with van der Waals surface area (Å²) in [6, 6.07) is 6.06. The van der Waals surface area contributed by atoms with Gasteiger partial charge in [0.25, 0.3) is 0 Å². The van der Waals surface area contributed by atoms with Crippen molar-refractivity contribution in [2.45, 2.75) is 37.5 Å². The first-order valence-corrected chi connectivity index (χ1v) is 8.34. The van der Waals surface area contributed by atoms with Gasteiger partial charge in [0, 0.05) is 11.3 Å². The number of nitrogen functional groups attached to an aromatic ring is 1. The van der Waals surface area contributed by atoms with Crippen molar-refractivity contribution in [3.8, 4) is 5.75 Å². The smallest absolute Gasteiger partial charge is 0.201 e. The standard InChI is InChI=1S/C15H21N3OS/c1-3-9-19-12-6-4-5-11-13(12)17-14(16)18(11)10-15(20-2)7-8-15/h4-6H,3,7-10H2,1-2H3,(H2,16,17). The van der Waals surface area contributed by atoms with Gasteiger partial charge in [-0.15, -0.1) is 0 Å². The Hall–Kier alpha value is -1.36. The van der Waals surface area contributed by atoms with Crippen LogP contribution in [-0.2, 0) is 6.54 Å². The molecule has 3 rings (SSSR count). The third-order valence-corrected chi connectivity index (χ3v) is 5.32. The van der Waals surface area contributed by atoms with Crippen LogP contribution in [0.1, 0.15) is 26.2 Å². The second-order valence-corrected chi connectivity index (χ2v) is 6.69. The van der Waals surface area contributed by atoms with Crippen LogP contribution < -0.4 is 10.5 Å². The number of hydrogen-bond donors (Lipinski definition) is 1. The Labute approximate surface area is 123 Å². The minimum atomic E-state index is 0.363. The quantitative estimate of drug-likeness (QED) is 0.887. The molecule has 2 aromatic rings. The maximum atomic E-state index is 6.13. The fraction of sp³-hybridized carbons (Fsp3) is 0.533.